The molecule has 2 rings (SSSR count). The fourth-order valence-corrected chi connectivity index (χ4v) is 2.55. The summed E-state index contributed by atoms with van der Waals surface area (Å²) in [5.41, 5.74) is 21.0. The van der Waals surface area contributed by atoms with E-state index in [0.717, 1.165) is 22.5 Å². The highest BCUT2D eigenvalue weighted by atomic mass is 32.1. The number of aromatic nitrogens is 2. The molecule has 0 fully saturated rings. The van der Waals surface area contributed by atoms with Crippen LogP contribution in [0.5, 0.6) is 0 Å². The third kappa shape index (κ3) is 7.57. The minimum absolute atomic E-state index is 0. The van der Waals surface area contributed by atoms with Crippen molar-refractivity contribution in [1.82, 2.24) is 9.97 Å². The molecule has 0 saturated heterocycles. The Hall–Kier alpha value is -1.87. The Balaban J connectivity index is 0.00000338. The van der Waals surface area contributed by atoms with Crippen molar-refractivity contribution in [3.8, 4) is 0 Å². The summed E-state index contributed by atoms with van der Waals surface area (Å²) in [5.74, 6) is 1.00. The molecule has 0 radical (unpaired) electrons. The van der Waals surface area contributed by atoms with E-state index in [1.807, 2.05) is 38.1 Å². The number of anilines is 2. The first-order chi connectivity index (χ1) is 12.0. The molecule has 26 heavy (non-hydrogen) atoms. The highest BCUT2D eigenvalue weighted by Gasteiger charge is 2.09. The van der Waals surface area contributed by atoms with Crippen molar-refractivity contribution in [1.29, 1.82) is 0 Å². The maximum Gasteiger partial charge on any atom is 0.123 e. The summed E-state index contributed by atoms with van der Waals surface area (Å²) < 4.78 is 11.5. The van der Waals surface area contributed by atoms with Crippen molar-refractivity contribution in [3.05, 3.63) is 46.8 Å². The highest BCUT2D eigenvalue weighted by Crippen LogP contribution is 2.11. The van der Waals surface area contributed by atoms with Crippen LogP contribution >= 0.6 is 13.5 Å². The van der Waals surface area contributed by atoms with Crippen molar-refractivity contribution in [2.75, 3.05) is 24.6 Å². The Morgan fingerprint density at radius 3 is 1.96 bits per heavy atom. The van der Waals surface area contributed by atoms with E-state index in [1.54, 1.807) is 0 Å². The number of rotatable bonds is 9. The van der Waals surface area contributed by atoms with Crippen LogP contribution in [0.15, 0.2) is 24.3 Å². The zero-order valence-electron chi connectivity index (χ0n) is 15.4. The minimum Gasteiger partial charge on any atom is -0.384 e. The second kappa shape index (κ2) is 11.0. The third-order valence-electron chi connectivity index (χ3n) is 3.65. The largest absolute Gasteiger partial charge is 0.384 e. The average Bonchev–Trinajstić information content (AvgIpc) is 2.52. The van der Waals surface area contributed by atoms with Crippen LogP contribution in [0.4, 0.5) is 11.6 Å². The zero-order valence-corrected chi connectivity index (χ0v) is 16.4. The molecule has 0 bridgehead atoms. The van der Waals surface area contributed by atoms with Crippen LogP contribution in [0.25, 0.3) is 0 Å². The molecular weight excluding hydrogens is 350 g/mol. The van der Waals surface area contributed by atoms with Gasteiger partial charge in [0, 0.05) is 13.2 Å². The van der Waals surface area contributed by atoms with Gasteiger partial charge in [-0.15, -0.1) is 0 Å². The van der Waals surface area contributed by atoms with E-state index in [4.69, 9.17) is 26.7 Å². The van der Waals surface area contributed by atoms with Gasteiger partial charge in [-0.05, 0) is 55.7 Å². The lowest BCUT2D eigenvalue weighted by Crippen LogP contribution is -2.25. The fraction of sp³-hybridized carbons (Fsp3) is 0.444. The average molecular weight is 380 g/mol. The molecular formula is C18H29N5O2S. The van der Waals surface area contributed by atoms with E-state index < -0.39 is 0 Å². The van der Waals surface area contributed by atoms with Gasteiger partial charge < -0.3 is 26.7 Å². The Labute approximate surface area is 161 Å². The van der Waals surface area contributed by atoms with Gasteiger partial charge in [0.25, 0.3) is 0 Å². The van der Waals surface area contributed by atoms with Gasteiger partial charge in [-0.25, -0.2) is 9.97 Å². The molecule has 0 aliphatic carbocycles. The van der Waals surface area contributed by atoms with Gasteiger partial charge in [0.2, 0.25) is 0 Å². The summed E-state index contributed by atoms with van der Waals surface area (Å²) in [5, 5.41) is 0. The maximum absolute atomic E-state index is 5.82. The van der Waals surface area contributed by atoms with Gasteiger partial charge in [0.1, 0.15) is 11.6 Å². The van der Waals surface area contributed by atoms with Crippen molar-refractivity contribution in [3.63, 3.8) is 0 Å². The molecule has 144 valence electrons. The van der Waals surface area contributed by atoms with Gasteiger partial charge in [-0.2, -0.15) is 13.5 Å². The summed E-state index contributed by atoms with van der Waals surface area (Å²) >= 11 is 0. The predicted molar refractivity (Wildman–Crippen MR) is 109 cm³/mol. The second-order valence-electron chi connectivity index (χ2n) is 6.13. The molecule has 2 aromatic heterocycles. The van der Waals surface area contributed by atoms with Crippen LogP contribution in [0.1, 0.15) is 28.9 Å². The number of nitrogen functional groups attached to an aromatic ring is 2. The summed E-state index contributed by atoms with van der Waals surface area (Å²) in [6, 6.07) is 7.56. The first-order valence-electron chi connectivity index (χ1n) is 8.31. The lowest BCUT2D eigenvalue weighted by atomic mass is 10.2. The number of pyridine rings is 2. The van der Waals surface area contributed by atoms with Crippen molar-refractivity contribution in [2.24, 2.45) is 5.73 Å². The molecule has 0 spiro atoms. The van der Waals surface area contributed by atoms with E-state index in [9.17, 15) is 0 Å². The molecule has 0 saturated carbocycles. The fourth-order valence-electron chi connectivity index (χ4n) is 2.55. The van der Waals surface area contributed by atoms with Gasteiger partial charge in [0.05, 0.1) is 30.7 Å². The van der Waals surface area contributed by atoms with E-state index >= 15 is 0 Å². The number of ether oxygens (including phenoxy) is 2. The molecule has 2 heterocycles. The molecule has 0 aromatic carbocycles. The molecule has 0 amide bonds. The van der Waals surface area contributed by atoms with Crippen LogP contribution in [0, 0.1) is 13.8 Å². The molecule has 7 nitrogen and oxygen atoms in total. The lowest BCUT2D eigenvalue weighted by molar-refractivity contribution is 0.0120. The topological polar surface area (TPSA) is 122 Å². The SMILES string of the molecule is Cc1cc(N)nc(COCC[C@@H](CN)OCc2cc(C)cc(N)n2)c1.S. The van der Waals surface area contributed by atoms with Gasteiger partial charge >= 0.3 is 0 Å². The Kier molecular flexibility index (Phi) is 9.36. The molecule has 2 aromatic rings. The predicted octanol–water partition coefficient (Wildman–Crippen LogP) is 1.82. The van der Waals surface area contributed by atoms with Crippen LogP contribution in [0.3, 0.4) is 0 Å². The van der Waals surface area contributed by atoms with Crippen molar-refractivity contribution < 1.29 is 9.47 Å². The van der Waals surface area contributed by atoms with Crippen molar-refractivity contribution in [2.45, 2.75) is 39.6 Å². The van der Waals surface area contributed by atoms with Gasteiger partial charge in [-0.3, -0.25) is 0 Å². The first-order valence-corrected chi connectivity index (χ1v) is 8.31. The standard InChI is InChI=1S/C18H27N5O2.H2S/c1-12-5-14(22-17(20)7-12)10-24-4-3-16(9-19)25-11-15-6-13(2)8-18(21)23-15;/h5-8,16H,3-4,9-11,19H2,1-2H3,(H2,20,22)(H2,21,23);1H2/t16-;/m0./s1. The van der Waals surface area contributed by atoms with Crippen LogP contribution < -0.4 is 17.2 Å². The normalized spacial score (nSPS) is 11.8. The zero-order chi connectivity index (χ0) is 18.2. The van der Waals surface area contributed by atoms with Gasteiger partial charge in [0.15, 0.2) is 0 Å². The smallest absolute Gasteiger partial charge is 0.123 e. The molecule has 0 aliphatic heterocycles. The molecule has 0 aliphatic rings. The number of aryl methyl sites for hydroxylation is 2. The number of nitrogens with zero attached hydrogens (tertiary/aromatic N) is 2. The van der Waals surface area contributed by atoms with Crippen LogP contribution in [-0.2, 0) is 22.7 Å². The van der Waals surface area contributed by atoms with E-state index in [2.05, 4.69) is 9.97 Å². The van der Waals surface area contributed by atoms with E-state index in [-0.39, 0.29) is 19.6 Å². The summed E-state index contributed by atoms with van der Waals surface area (Å²) in [4.78, 5) is 8.49. The quantitative estimate of drug-likeness (QED) is 0.568. The number of hydrogen-bond donors (Lipinski definition) is 3. The Bertz CT molecular complexity index is 659. The van der Waals surface area contributed by atoms with Gasteiger partial charge in [-0.1, -0.05) is 0 Å². The molecule has 6 N–H and O–H groups in total. The van der Waals surface area contributed by atoms with Crippen molar-refractivity contribution >= 4 is 25.1 Å². The minimum atomic E-state index is -0.0981. The summed E-state index contributed by atoms with van der Waals surface area (Å²) in [7, 11) is 0. The second-order valence-corrected chi connectivity index (χ2v) is 6.13. The first kappa shape index (κ1) is 22.2. The third-order valence-corrected chi connectivity index (χ3v) is 3.65. The van der Waals surface area contributed by atoms with Crippen LogP contribution in [-0.4, -0.2) is 29.2 Å². The molecule has 8 heteroatoms. The lowest BCUT2D eigenvalue weighted by Gasteiger charge is -2.16. The highest BCUT2D eigenvalue weighted by molar-refractivity contribution is 7.59. The number of hydrogen-bond acceptors (Lipinski definition) is 7. The summed E-state index contributed by atoms with van der Waals surface area (Å²) in [6.45, 7) is 5.69. The van der Waals surface area contributed by atoms with E-state index in [0.29, 0.717) is 44.4 Å². The van der Waals surface area contributed by atoms with Crippen LogP contribution in [0.2, 0.25) is 0 Å². The Morgan fingerprint density at radius 2 is 1.46 bits per heavy atom. The van der Waals surface area contributed by atoms with E-state index in [1.165, 1.54) is 0 Å². The monoisotopic (exact) mass is 379 g/mol. The maximum atomic E-state index is 5.82. The summed E-state index contributed by atoms with van der Waals surface area (Å²) in [6.07, 6.45) is 0.595. The Morgan fingerprint density at radius 1 is 0.923 bits per heavy atom. The molecule has 1 atom stereocenters. The number of nitrogens with two attached hydrogens (primary N) is 3. The molecule has 0 unspecified atom stereocenters.